The monoisotopic (exact) mass is 256 g/mol. The summed E-state index contributed by atoms with van der Waals surface area (Å²) in [5, 5.41) is 0. The summed E-state index contributed by atoms with van der Waals surface area (Å²) in [6.45, 7) is 3.00. The number of rotatable bonds is 4. The van der Waals surface area contributed by atoms with Gasteiger partial charge >= 0.3 is 0 Å². The number of hydrogen-bond acceptors (Lipinski definition) is 4. The molecule has 0 aliphatic rings. The van der Waals surface area contributed by atoms with E-state index in [1.807, 2.05) is 31.2 Å². The van der Waals surface area contributed by atoms with E-state index in [0.717, 1.165) is 11.3 Å². The molecule has 0 saturated carbocycles. The van der Waals surface area contributed by atoms with E-state index in [1.54, 1.807) is 4.90 Å². The summed E-state index contributed by atoms with van der Waals surface area (Å²) in [5.74, 6) is -0.108. The van der Waals surface area contributed by atoms with E-state index in [-0.39, 0.29) is 5.91 Å². The fourth-order valence-corrected chi connectivity index (χ4v) is 1.82. The fourth-order valence-electron chi connectivity index (χ4n) is 1.82. The Kier molecular flexibility index (Phi) is 4.20. The van der Waals surface area contributed by atoms with Crippen LogP contribution in [0, 0.1) is 0 Å². The molecule has 0 saturated heterocycles. The van der Waals surface area contributed by atoms with Gasteiger partial charge in [-0.25, -0.2) is 9.97 Å². The van der Waals surface area contributed by atoms with E-state index >= 15 is 0 Å². The number of nitrogens with zero attached hydrogens (tertiary/aromatic N) is 3. The molecule has 0 fully saturated rings. The third kappa shape index (κ3) is 2.95. The fraction of sp³-hybridized carbons (Fsp3) is 0.214. The zero-order chi connectivity index (χ0) is 13.7. The van der Waals surface area contributed by atoms with Gasteiger partial charge in [0, 0.05) is 31.2 Å². The van der Waals surface area contributed by atoms with E-state index in [4.69, 9.17) is 5.73 Å². The largest absolute Gasteiger partial charge is 0.326 e. The van der Waals surface area contributed by atoms with Gasteiger partial charge in [-0.05, 0) is 24.6 Å². The molecular weight excluding hydrogens is 240 g/mol. The summed E-state index contributed by atoms with van der Waals surface area (Å²) in [5.41, 5.74) is 7.92. The van der Waals surface area contributed by atoms with Crippen molar-refractivity contribution >= 4 is 11.6 Å². The number of nitrogens with two attached hydrogens (primary N) is 1. The molecule has 0 aliphatic heterocycles. The molecule has 19 heavy (non-hydrogen) atoms. The molecule has 0 unspecified atom stereocenters. The first kappa shape index (κ1) is 13.2. The highest BCUT2D eigenvalue weighted by Crippen LogP contribution is 2.17. The van der Waals surface area contributed by atoms with Gasteiger partial charge in [0.1, 0.15) is 6.33 Å². The van der Waals surface area contributed by atoms with Crippen LogP contribution in [-0.2, 0) is 6.54 Å². The smallest absolute Gasteiger partial charge is 0.261 e. The van der Waals surface area contributed by atoms with Crippen molar-refractivity contribution in [2.24, 2.45) is 5.73 Å². The lowest BCUT2D eigenvalue weighted by atomic mass is 10.2. The molecule has 0 bridgehead atoms. The Bertz CT molecular complexity index is 539. The highest BCUT2D eigenvalue weighted by atomic mass is 16.2. The van der Waals surface area contributed by atoms with Gasteiger partial charge in [0.05, 0.1) is 5.56 Å². The lowest BCUT2D eigenvalue weighted by Crippen LogP contribution is -2.30. The average molecular weight is 256 g/mol. The summed E-state index contributed by atoms with van der Waals surface area (Å²) in [6.07, 6.45) is 4.45. The first-order valence-corrected chi connectivity index (χ1v) is 6.12. The van der Waals surface area contributed by atoms with Gasteiger partial charge in [-0.1, -0.05) is 12.1 Å². The van der Waals surface area contributed by atoms with Crippen molar-refractivity contribution in [3.05, 3.63) is 54.1 Å². The van der Waals surface area contributed by atoms with Crippen molar-refractivity contribution in [2.75, 3.05) is 11.4 Å². The molecule has 2 aromatic rings. The molecule has 2 N–H and O–H groups in total. The van der Waals surface area contributed by atoms with E-state index < -0.39 is 0 Å². The molecule has 0 spiro atoms. The quantitative estimate of drug-likeness (QED) is 0.902. The van der Waals surface area contributed by atoms with Crippen molar-refractivity contribution in [1.29, 1.82) is 0 Å². The second-order valence-electron chi connectivity index (χ2n) is 4.05. The number of benzene rings is 1. The number of carbonyl (C=O) groups is 1. The van der Waals surface area contributed by atoms with Crippen molar-refractivity contribution < 1.29 is 4.79 Å². The number of amides is 1. The lowest BCUT2D eigenvalue weighted by molar-refractivity contribution is 0.0987. The summed E-state index contributed by atoms with van der Waals surface area (Å²) in [4.78, 5) is 21.8. The number of anilines is 1. The maximum atomic E-state index is 12.4. The zero-order valence-electron chi connectivity index (χ0n) is 10.8. The predicted octanol–water partition coefficient (Wildman–Crippen LogP) is 1.60. The molecule has 0 aliphatic carbocycles. The van der Waals surface area contributed by atoms with Gasteiger partial charge in [0.15, 0.2) is 0 Å². The summed E-state index contributed by atoms with van der Waals surface area (Å²) < 4.78 is 0. The Balaban J connectivity index is 2.26. The summed E-state index contributed by atoms with van der Waals surface area (Å²) in [6, 6.07) is 7.64. The molecule has 5 heteroatoms. The highest BCUT2D eigenvalue weighted by Gasteiger charge is 2.16. The van der Waals surface area contributed by atoms with Crippen LogP contribution in [0.15, 0.2) is 43.0 Å². The summed E-state index contributed by atoms with van der Waals surface area (Å²) in [7, 11) is 0. The molecule has 1 aromatic carbocycles. The van der Waals surface area contributed by atoms with Crippen LogP contribution in [-0.4, -0.2) is 22.4 Å². The Morgan fingerprint density at radius 1 is 1.21 bits per heavy atom. The van der Waals surface area contributed by atoms with Crippen LogP contribution in [0.5, 0.6) is 0 Å². The number of hydrogen-bond donors (Lipinski definition) is 1. The SMILES string of the molecule is CCN(C(=O)c1cncnc1)c1ccc(CN)cc1. The van der Waals surface area contributed by atoms with E-state index in [1.165, 1.54) is 18.7 Å². The van der Waals surface area contributed by atoms with Crippen LogP contribution in [0.1, 0.15) is 22.8 Å². The Hall–Kier alpha value is -2.27. The molecule has 1 amide bonds. The molecule has 0 atom stereocenters. The minimum absolute atomic E-state index is 0.108. The van der Waals surface area contributed by atoms with Crippen molar-refractivity contribution in [3.63, 3.8) is 0 Å². The van der Waals surface area contributed by atoms with Crippen molar-refractivity contribution in [1.82, 2.24) is 9.97 Å². The van der Waals surface area contributed by atoms with Gasteiger partial charge < -0.3 is 10.6 Å². The molecule has 0 radical (unpaired) electrons. The predicted molar refractivity (Wildman–Crippen MR) is 73.7 cm³/mol. The van der Waals surface area contributed by atoms with Crippen LogP contribution in [0.3, 0.4) is 0 Å². The van der Waals surface area contributed by atoms with Gasteiger partial charge in [-0.3, -0.25) is 4.79 Å². The van der Waals surface area contributed by atoms with E-state index in [9.17, 15) is 4.79 Å². The van der Waals surface area contributed by atoms with E-state index in [0.29, 0.717) is 18.7 Å². The van der Waals surface area contributed by atoms with E-state index in [2.05, 4.69) is 9.97 Å². The van der Waals surface area contributed by atoms with Gasteiger partial charge in [-0.15, -0.1) is 0 Å². The maximum Gasteiger partial charge on any atom is 0.261 e. The molecular formula is C14H16N4O. The van der Waals surface area contributed by atoms with Gasteiger partial charge in [0.2, 0.25) is 0 Å². The average Bonchev–Trinajstić information content (AvgIpc) is 2.49. The lowest BCUT2D eigenvalue weighted by Gasteiger charge is -2.21. The molecule has 2 rings (SSSR count). The minimum Gasteiger partial charge on any atom is -0.326 e. The van der Waals surface area contributed by atoms with Gasteiger partial charge in [-0.2, -0.15) is 0 Å². The van der Waals surface area contributed by atoms with Gasteiger partial charge in [0.25, 0.3) is 5.91 Å². The normalized spacial score (nSPS) is 10.2. The topological polar surface area (TPSA) is 72.1 Å². The minimum atomic E-state index is -0.108. The van der Waals surface area contributed by atoms with Crippen LogP contribution < -0.4 is 10.6 Å². The van der Waals surface area contributed by atoms with Crippen LogP contribution in [0.4, 0.5) is 5.69 Å². The first-order chi connectivity index (χ1) is 9.26. The van der Waals surface area contributed by atoms with Crippen molar-refractivity contribution in [3.8, 4) is 0 Å². The summed E-state index contributed by atoms with van der Waals surface area (Å²) >= 11 is 0. The molecule has 1 aromatic heterocycles. The Morgan fingerprint density at radius 3 is 2.37 bits per heavy atom. The Morgan fingerprint density at radius 2 is 1.84 bits per heavy atom. The molecule has 98 valence electrons. The standard InChI is InChI=1S/C14H16N4O/c1-2-18(13-5-3-11(7-15)4-6-13)14(19)12-8-16-10-17-9-12/h3-6,8-10H,2,7,15H2,1H3. The highest BCUT2D eigenvalue weighted by molar-refractivity contribution is 6.05. The first-order valence-electron chi connectivity index (χ1n) is 6.12. The maximum absolute atomic E-state index is 12.4. The second kappa shape index (κ2) is 6.06. The van der Waals surface area contributed by atoms with Crippen LogP contribution >= 0.6 is 0 Å². The number of carbonyl (C=O) groups excluding carboxylic acids is 1. The third-order valence-electron chi connectivity index (χ3n) is 2.85. The number of aromatic nitrogens is 2. The third-order valence-corrected chi connectivity index (χ3v) is 2.85. The second-order valence-corrected chi connectivity index (χ2v) is 4.05. The zero-order valence-corrected chi connectivity index (χ0v) is 10.8. The molecule has 5 nitrogen and oxygen atoms in total. The van der Waals surface area contributed by atoms with Crippen molar-refractivity contribution in [2.45, 2.75) is 13.5 Å². The Labute approximate surface area is 112 Å². The van der Waals surface area contributed by atoms with Crippen LogP contribution in [0.2, 0.25) is 0 Å². The van der Waals surface area contributed by atoms with Crippen LogP contribution in [0.25, 0.3) is 0 Å². The molecule has 1 heterocycles.